The Morgan fingerprint density at radius 2 is 1.02 bits per heavy atom. The number of furan rings is 1. The highest BCUT2D eigenvalue weighted by molar-refractivity contribution is 6.13. The molecule has 10 aromatic rings. The highest BCUT2D eigenvalue weighted by Crippen LogP contribution is 2.47. The van der Waals surface area contributed by atoms with Crippen molar-refractivity contribution in [2.45, 2.75) is 51.4 Å². The number of aromatic nitrogens is 3. The fourth-order valence-corrected chi connectivity index (χ4v) is 9.40. The van der Waals surface area contributed by atoms with Crippen LogP contribution in [0.3, 0.4) is 0 Å². The molecule has 0 saturated carbocycles. The quantitative estimate of drug-likeness (QED) is 0.175. The monoisotopic (exact) mass is 761 g/mol. The third kappa shape index (κ3) is 5.93. The van der Waals surface area contributed by atoms with Crippen LogP contribution in [0.2, 0.25) is 0 Å². The van der Waals surface area contributed by atoms with Crippen LogP contribution in [-0.4, -0.2) is 15.0 Å². The smallest absolute Gasteiger partial charge is 0.164 e. The SMILES string of the molecule is CC1(C)CCC(C)(C)c2cc(-c3ccc4oc5cccc(-c6nc(-c7ccc8ccccc8c7)nc(-c7ccc(-c8ccccc8)c8ccccc78)n6)c5c4c3)ccc21. The molecule has 59 heavy (non-hydrogen) atoms. The first-order valence-electron chi connectivity index (χ1n) is 20.6. The second-order valence-electron chi connectivity index (χ2n) is 17.5. The maximum atomic E-state index is 6.58. The average molecular weight is 762 g/mol. The van der Waals surface area contributed by atoms with Gasteiger partial charge in [-0.05, 0) is 109 Å². The minimum Gasteiger partial charge on any atom is -0.456 e. The lowest BCUT2D eigenvalue weighted by molar-refractivity contribution is 0.332. The zero-order valence-corrected chi connectivity index (χ0v) is 33.8. The van der Waals surface area contributed by atoms with Crippen LogP contribution in [0.15, 0.2) is 168 Å². The van der Waals surface area contributed by atoms with Crippen molar-refractivity contribution in [2.24, 2.45) is 0 Å². The molecule has 0 bridgehead atoms. The summed E-state index contributed by atoms with van der Waals surface area (Å²) in [6.07, 6.45) is 2.37. The molecule has 2 heterocycles. The van der Waals surface area contributed by atoms with Gasteiger partial charge < -0.3 is 4.42 Å². The summed E-state index contributed by atoms with van der Waals surface area (Å²) in [7, 11) is 0. The number of hydrogen-bond donors (Lipinski definition) is 0. The van der Waals surface area contributed by atoms with Gasteiger partial charge in [0.2, 0.25) is 0 Å². The molecule has 8 aromatic carbocycles. The van der Waals surface area contributed by atoms with Gasteiger partial charge in [-0.1, -0.05) is 161 Å². The van der Waals surface area contributed by atoms with Gasteiger partial charge in [0, 0.05) is 27.5 Å². The summed E-state index contributed by atoms with van der Waals surface area (Å²) < 4.78 is 6.58. The van der Waals surface area contributed by atoms with Crippen LogP contribution in [-0.2, 0) is 10.8 Å². The van der Waals surface area contributed by atoms with Crippen LogP contribution in [0, 0.1) is 0 Å². The van der Waals surface area contributed by atoms with Gasteiger partial charge >= 0.3 is 0 Å². The van der Waals surface area contributed by atoms with Crippen molar-refractivity contribution in [3.05, 3.63) is 175 Å². The van der Waals surface area contributed by atoms with Crippen molar-refractivity contribution < 1.29 is 4.42 Å². The van der Waals surface area contributed by atoms with E-state index in [1.165, 1.54) is 46.0 Å². The fourth-order valence-electron chi connectivity index (χ4n) is 9.40. The Morgan fingerprint density at radius 3 is 1.83 bits per heavy atom. The fraction of sp³-hybridized carbons (Fsp3) is 0.145. The van der Waals surface area contributed by atoms with E-state index in [9.17, 15) is 0 Å². The lowest BCUT2D eigenvalue weighted by atomic mass is 9.63. The van der Waals surface area contributed by atoms with Crippen LogP contribution in [0.1, 0.15) is 51.7 Å². The Labute approximate surface area is 344 Å². The van der Waals surface area contributed by atoms with E-state index in [-0.39, 0.29) is 10.8 Å². The van der Waals surface area contributed by atoms with E-state index in [1.54, 1.807) is 0 Å². The Bertz CT molecular complexity index is 3280. The minimum atomic E-state index is 0.118. The molecule has 0 radical (unpaired) electrons. The van der Waals surface area contributed by atoms with E-state index in [0.717, 1.165) is 60.4 Å². The highest BCUT2D eigenvalue weighted by atomic mass is 16.3. The number of benzene rings is 8. The molecule has 0 N–H and O–H groups in total. The second-order valence-corrected chi connectivity index (χ2v) is 17.5. The molecule has 0 atom stereocenters. The normalized spacial score (nSPS) is 14.6. The molecule has 0 spiro atoms. The summed E-state index contributed by atoms with van der Waals surface area (Å²) in [6.45, 7) is 9.54. The summed E-state index contributed by atoms with van der Waals surface area (Å²) in [5.41, 5.74) is 12.3. The van der Waals surface area contributed by atoms with Gasteiger partial charge in [0.25, 0.3) is 0 Å². The van der Waals surface area contributed by atoms with Crippen molar-refractivity contribution in [1.82, 2.24) is 15.0 Å². The summed E-state index contributed by atoms with van der Waals surface area (Å²) in [5.74, 6) is 1.85. The molecule has 0 fully saturated rings. The number of rotatable bonds is 5. The summed E-state index contributed by atoms with van der Waals surface area (Å²) >= 11 is 0. The molecule has 284 valence electrons. The van der Waals surface area contributed by atoms with Crippen molar-refractivity contribution >= 4 is 43.5 Å². The lowest BCUT2D eigenvalue weighted by Gasteiger charge is -2.42. The lowest BCUT2D eigenvalue weighted by Crippen LogP contribution is -2.33. The Balaban J connectivity index is 1.12. The van der Waals surface area contributed by atoms with Gasteiger partial charge in [0.1, 0.15) is 11.2 Å². The van der Waals surface area contributed by atoms with Gasteiger partial charge in [-0.3, -0.25) is 0 Å². The first-order valence-corrected chi connectivity index (χ1v) is 20.6. The summed E-state index contributed by atoms with van der Waals surface area (Å²) in [5, 5.41) is 6.58. The number of fused-ring (bicyclic) bond motifs is 6. The summed E-state index contributed by atoms with van der Waals surface area (Å²) in [6, 6.07) is 58.2. The number of hydrogen-bond acceptors (Lipinski definition) is 4. The Morgan fingerprint density at radius 1 is 0.390 bits per heavy atom. The molecule has 0 aliphatic heterocycles. The van der Waals surface area contributed by atoms with E-state index in [1.807, 2.05) is 12.1 Å². The van der Waals surface area contributed by atoms with Crippen LogP contribution in [0.25, 0.3) is 99.9 Å². The van der Waals surface area contributed by atoms with Crippen molar-refractivity contribution in [2.75, 3.05) is 0 Å². The van der Waals surface area contributed by atoms with Gasteiger partial charge in [0.15, 0.2) is 17.5 Å². The Hall–Kier alpha value is -6.91. The highest BCUT2D eigenvalue weighted by Gasteiger charge is 2.37. The maximum absolute atomic E-state index is 6.58. The minimum absolute atomic E-state index is 0.118. The molecular formula is C55H43N3O. The molecule has 0 unspecified atom stereocenters. The Kier molecular flexibility index (Phi) is 7.96. The predicted molar refractivity (Wildman–Crippen MR) is 245 cm³/mol. The van der Waals surface area contributed by atoms with Crippen molar-refractivity contribution in [1.29, 1.82) is 0 Å². The van der Waals surface area contributed by atoms with Crippen molar-refractivity contribution in [3.8, 4) is 56.4 Å². The average Bonchev–Trinajstić information content (AvgIpc) is 3.66. The number of nitrogens with zero attached hydrogens (tertiary/aromatic N) is 3. The van der Waals surface area contributed by atoms with E-state index >= 15 is 0 Å². The largest absolute Gasteiger partial charge is 0.456 e. The zero-order chi connectivity index (χ0) is 39.9. The van der Waals surface area contributed by atoms with Crippen LogP contribution < -0.4 is 0 Å². The van der Waals surface area contributed by atoms with Gasteiger partial charge in [-0.15, -0.1) is 0 Å². The molecule has 4 heteroatoms. The van der Waals surface area contributed by atoms with E-state index in [4.69, 9.17) is 19.4 Å². The van der Waals surface area contributed by atoms with Crippen LogP contribution in [0.4, 0.5) is 0 Å². The van der Waals surface area contributed by atoms with E-state index < -0.39 is 0 Å². The van der Waals surface area contributed by atoms with Gasteiger partial charge in [-0.2, -0.15) is 0 Å². The van der Waals surface area contributed by atoms with E-state index in [0.29, 0.717) is 17.5 Å². The zero-order valence-electron chi connectivity index (χ0n) is 33.8. The standard InChI is InChI=1S/C55H43N3O/c1-54(2)29-30-55(3,4)47-33-38(23-27-46(47)54)37-24-28-48-45(32-37)50-44(19-12-20-49(50)59-48)53-57-51(39-22-21-34-13-8-9-16-36(34)31-39)56-52(58-53)43-26-25-40(35-14-6-5-7-15-35)41-17-10-11-18-42(41)43/h5-28,31-33H,29-30H2,1-4H3. The molecule has 11 rings (SSSR count). The van der Waals surface area contributed by atoms with Gasteiger partial charge in [-0.25, -0.2) is 15.0 Å². The first kappa shape index (κ1) is 35.3. The third-order valence-electron chi connectivity index (χ3n) is 12.8. The predicted octanol–water partition coefficient (Wildman–Crippen LogP) is 14.8. The second kappa shape index (κ2) is 13.3. The molecular weight excluding hydrogens is 719 g/mol. The molecule has 0 amide bonds. The topological polar surface area (TPSA) is 51.8 Å². The molecule has 4 nitrogen and oxygen atoms in total. The molecule has 1 aliphatic carbocycles. The van der Waals surface area contributed by atoms with Crippen molar-refractivity contribution in [3.63, 3.8) is 0 Å². The maximum Gasteiger partial charge on any atom is 0.164 e. The molecule has 0 saturated heterocycles. The third-order valence-corrected chi connectivity index (χ3v) is 12.8. The first-order chi connectivity index (χ1) is 28.7. The molecule has 1 aliphatic rings. The van der Waals surface area contributed by atoms with Gasteiger partial charge in [0.05, 0.1) is 0 Å². The van der Waals surface area contributed by atoms with Crippen LogP contribution in [0.5, 0.6) is 0 Å². The van der Waals surface area contributed by atoms with E-state index in [2.05, 4.69) is 179 Å². The summed E-state index contributed by atoms with van der Waals surface area (Å²) in [4.78, 5) is 15.9. The molecule has 2 aromatic heterocycles. The van der Waals surface area contributed by atoms with Crippen LogP contribution >= 0.6 is 0 Å².